The first kappa shape index (κ1) is 12.4. The van der Waals surface area contributed by atoms with E-state index in [-0.39, 0.29) is 0 Å². The zero-order chi connectivity index (χ0) is 11.6. The van der Waals surface area contributed by atoms with Crippen LogP contribution >= 0.6 is 0 Å². The molecule has 0 aromatic carbocycles. The summed E-state index contributed by atoms with van der Waals surface area (Å²) in [5.41, 5.74) is 0.454. The highest BCUT2D eigenvalue weighted by atomic mass is 15.2. The Labute approximate surface area is 101 Å². The molecule has 2 rings (SSSR count). The number of nitrogens with one attached hydrogen (secondary N) is 1. The normalized spacial score (nSPS) is 29.8. The lowest BCUT2D eigenvalue weighted by molar-refractivity contribution is 0.0846. The van der Waals surface area contributed by atoms with Crippen molar-refractivity contribution >= 4 is 0 Å². The third kappa shape index (κ3) is 2.78. The molecule has 0 aromatic heterocycles. The minimum absolute atomic E-state index is 0.454. The molecule has 0 aromatic rings. The SMILES string of the molecule is CCC1CCN(C(C)(C)C2CC2)CCCN1. The van der Waals surface area contributed by atoms with Gasteiger partial charge in [0.05, 0.1) is 0 Å². The van der Waals surface area contributed by atoms with Gasteiger partial charge in [-0.05, 0) is 65.0 Å². The number of hydrogen-bond donors (Lipinski definition) is 1. The van der Waals surface area contributed by atoms with Crippen LogP contribution < -0.4 is 5.32 Å². The lowest BCUT2D eigenvalue weighted by Crippen LogP contribution is -2.50. The molecule has 1 aliphatic heterocycles. The molecule has 1 unspecified atom stereocenters. The summed E-state index contributed by atoms with van der Waals surface area (Å²) in [5.74, 6) is 0.972. The minimum atomic E-state index is 0.454. The summed E-state index contributed by atoms with van der Waals surface area (Å²) in [7, 11) is 0. The van der Waals surface area contributed by atoms with Crippen molar-refractivity contribution in [2.45, 2.75) is 64.5 Å². The Hall–Kier alpha value is -0.0800. The van der Waals surface area contributed by atoms with Crippen LogP contribution in [0.25, 0.3) is 0 Å². The van der Waals surface area contributed by atoms with Crippen molar-refractivity contribution < 1.29 is 0 Å². The quantitative estimate of drug-likeness (QED) is 0.793. The molecule has 16 heavy (non-hydrogen) atoms. The smallest absolute Gasteiger partial charge is 0.0181 e. The molecule has 0 bridgehead atoms. The molecular weight excluding hydrogens is 196 g/mol. The fourth-order valence-corrected chi connectivity index (χ4v) is 3.07. The van der Waals surface area contributed by atoms with Crippen LogP contribution in [0.15, 0.2) is 0 Å². The zero-order valence-corrected chi connectivity index (χ0v) is 11.3. The zero-order valence-electron chi connectivity index (χ0n) is 11.3. The number of hydrogen-bond acceptors (Lipinski definition) is 2. The Morgan fingerprint density at radius 1 is 1.19 bits per heavy atom. The van der Waals surface area contributed by atoms with Crippen LogP contribution in [-0.4, -0.2) is 36.1 Å². The van der Waals surface area contributed by atoms with Gasteiger partial charge in [-0.2, -0.15) is 0 Å². The fraction of sp³-hybridized carbons (Fsp3) is 1.00. The monoisotopic (exact) mass is 224 g/mol. The summed E-state index contributed by atoms with van der Waals surface area (Å²) in [6.45, 7) is 11.0. The van der Waals surface area contributed by atoms with Crippen LogP contribution in [0, 0.1) is 5.92 Å². The van der Waals surface area contributed by atoms with E-state index in [0.717, 1.165) is 12.0 Å². The highest BCUT2D eigenvalue weighted by molar-refractivity contribution is 4.96. The second-order valence-corrected chi connectivity index (χ2v) is 6.12. The van der Waals surface area contributed by atoms with Gasteiger partial charge in [0.2, 0.25) is 0 Å². The average Bonchev–Trinajstić information content (AvgIpc) is 3.00. The van der Waals surface area contributed by atoms with E-state index >= 15 is 0 Å². The molecule has 2 fully saturated rings. The van der Waals surface area contributed by atoms with Crippen LogP contribution in [0.1, 0.15) is 52.9 Å². The van der Waals surface area contributed by atoms with E-state index in [9.17, 15) is 0 Å². The first-order chi connectivity index (χ1) is 7.64. The Kier molecular flexibility index (Phi) is 3.91. The molecule has 2 aliphatic rings. The molecule has 0 amide bonds. The van der Waals surface area contributed by atoms with Crippen molar-refractivity contribution in [2.75, 3.05) is 19.6 Å². The van der Waals surface area contributed by atoms with E-state index in [0.29, 0.717) is 5.54 Å². The maximum atomic E-state index is 3.66. The molecule has 1 atom stereocenters. The Morgan fingerprint density at radius 3 is 2.56 bits per heavy atom. The summed E-state index contributed by atoms with van der Waals surface area (Å²) >= 11 is 0. The van der Waals surface area contributed by atoms with Gasteiger partial charge in [0.25, 0.3) is 0 Å². The van der Waals surface area contributed by atoms with Gasteiger partial charge in [-0.3, -0.25) is 4.90 Å². The van der Waals surface area contributed by atoms with Gasteiger partial charge in [0.15, 0.2) is 0 Å². The molecule has 94 valence electrons. The van der Waals surface area contributed by atoms with Crippen LogP contribution in [0.4, 0.5) is 0 Å². The predicted molar refractivity (Wildman–Crippen MR) is 69.7 cm³/mol. The lowest BCUT2D eigenvalue weighted by atomic mass is 9.94. The molecule has 0 spiro atoms. The maximum absolute atomic E-state index is 3.66. The van der Waals surface area contributed by atoms with Gasteiger partial charge in [0, 0.05) is 18.1 Å². The van der Waals surface area contributed by atoms with Crippen LogP contribution in [0.2, 0.25) is 0 Å². The first-order valence-corrected chi connectivity index (χ1v) is 7.13. The van der Waals surface area contributed by atoms with E-state index in [2.05, 4.69) is 31.0 Å². The van der Waals surface area contributed by atoms with Crippen LogP contribution in [-0.2, 0) is 0 Å². The van der Waals surface area contributed by atoms with Gasteiger partial charge >= 0.3 is 0 Å². The molecule has 1 N–H and O–H groups in total. The highest BCUT2D eigenvalue weighted by Gasteiger charge is 2.41. The van der Waals surface area contributed by atoms with Gasteiger partial charge in [-0.15, -0.1) is 0 Å². The topological polar surface area (TPSA) is 15.3 Å². The van der Waals surface area contributed by atoms with Crippen molar-refractivity contribution in [2.24, 2.45) is 5.92 Å². The number of rotatable bonds is 3. The second-order valence-electron chi connectivity index (χ2n) is 6.12. The van der Waals surface area contributed by atoms with Crippen molar-refractivity contribution in [1.82, 2.24) is 10.2 Å². The molecule has 1 saturated carbocycles. The predicted octanol–water partition coefficient (Wildman–Crippen LogP) is 2.64. The van der Waals surface area contributed by atoms with Crippen molar-refractivity contribution in [3.05, 3.63) is 0 Å². The highest BCUT2D eigenvalue weighted by Crippen LogP contribution is 2.43. The van der Waals surface area contributed by atoms with E-state index in [1.54, 1.807) is 0 Å². The Balaban J connectivity index is 1.92. The summed E-state index contributed by atoms with van der Waals surface area (Å²) in [6, 6.07) is 0.748. The van der Waals surface area contributed by atoms with Gasteiger partial charge in [-0.1, -0.05) is 6.92 Å². The summed E-state index contributed by atoms with van der Waals surface area (Å²) in [6.07, 6.45) is 6.83. The summed E-state index contributed by atoms with van der Waals surface area (Å²) in [4.78, 5) is 2.76. The second kappa shape index (κ2) is 5.05. The lowest BCUT2D eigenvalue weighted by Gasteiger charge is -2.41. The van der Waals surface area contributed by atoms with Gasteiger partial charge in [-0.25, -0.2) is 0 Å². The Bertz CT molecular complexity index is 221. The number of nitrogens with zero attached hydrogens (tertiary/aromatic N) is 1. The average molecular weight is 224 g/mol. The van der Waals surface area contributed by atoms with E-state index in [4.69, 9.17) is 0 Å². The van der Waals surface area contributed by atoms with E-state index in [1.807, 2.05) is 0 Å². The first-order valence-electron chi connectivity index (χ1n) is 7.13. The molecule has 1 aliphatic carbocycles. The molecule has 0 radical (unpaired) electrons. The van der Waals surface area contributed by atoms with Crippen LogP contribution in [0.3, 0.4) is 0 Å². The fourth-order valence-electron chi connectivity index (χ4n) is 3.07. The van der Waals surface area contributed by atoms with Crippen molar-refractivity contribution in [3.63, 3.8) is 0 Å². The standard InChI is InChI=1S/C14H28N2/c1-4-13-8-11-16(10-5-9-15-13)14(2,3)12-6-7-12/h12-13,15H,4-11H2,1-3H3. The minimum Gasteiger partial charge on any atom is -0.314 e. The maximum Gasteiger partial charge on any atom is 0.0181 e. The van der Waals surface area contributed by atoms with Crippen LogP contribution in [0.5, 0.6) is 0 Å². The summed E-state index contributed by atoms with van der Waals surface area (Å²) < 4.78 is 0. The summed E-state index contributed by atoms with van der Waals surface area (Å²) in [5, 5.41) is 3.66. The van der Waals surface area contributed by atoms with Crippen molar-refractivity contribution in [1.29, 1.82) is 0 Å². The third-order valence-corrected chi connectivity index (χ3v) is 4.67. The molecular formula is C14H28N2. The van der Waals surface area contributed by atoms with Gasteiger partial charge < -0.3 is 5.32 Å². The molecule has 1 saturated heterocycles. The molecule has 2 nitrogen and oxygen atoms in total. The van der Waals surface area contributed by atoms with Crippen molar-refractivity contribution in [3.8, 4) is 0 Å². The van der Waals surface area contributed by atoms with E-state index in [1.165, 1.54) is 51.7 Å². The van der Waals surface area contributed by atoms with Gasteiger partial charge in [0.1, 0.15) is 0 Å². The third-order valence-electron chi connectivity index (χ3n) is 4.67. The van der Waals surface area contributed by atoms with E-state index < -0.39 is 0 Å². The Morgan fingerprint density at radius 2 is 1.94 bits per heavy atom. The largest absolute Gasteiger partial charge is 0.314 e. The molecule has 1 heterocycles. The molecule has 2 heteroatoms.